The second-order valence-electron chi connectivity index (χ2n) is 6.50. The van der Waals surface area contributed by atoms with Gasteiger partial charge in [0.15, 0.2) is 11.5 Å². The van der Waals surface area contributed by atoms with Crippen molar-refractivity contribution in [3.63, 3.8) is 0 Å². The Hall–Kier alpha value is -3.77. The number of nitrogens with one attached hydrogen (secondary N) is 1. The van der Waals surface area contributed by atoms with Gasteiger partial charge < -0.3 is 9.72 Å². The molecule has 0 fully saturated rings. The Morgan fingerprint density at radius 2 is 1.41 bits per heavy atom. The van der Waals surface area contributed by atoms with Crippen LogP contribution in [0.15, 0.2) is 90.6 Å². The topological polar surface area (TPSA) is 59.3 Å². The number of fused-ring (bicyclic) bond motifs is 1. The van der Waals surface area contributed by atoms with E-state index in [-0.39, 0.29) is 5.91 Å². The standard InChI is InChI=1S/C23H16N4OS/c28-23(20-12-7-13-29-20)26-21-22-25-19(17-10-5-2-6-11-17)15-27(22)14-18(24-21)16-8-3-1-4-9-16/h1-15H,(H,24,26,28). The van der Waals surface area contributed by atoms with Gasteiger partial charge in [0.05, 0.1) is 16.3 Å². The van der Waals surface area contributed by atoms with Gasteiger partial charge in [-0.2, -0.15) is 0 Å². The van der Waals surface area contributed by atoms with Crippen molar-refractivity contribution in [2.75, 3.05) is 5.32 Å². The molecule has 2 aromatic carbocycles. The summed E-state index contributed by atoms with van der Waals surface area (Å²) in [6, 6.07) is 23.5. The summed E-state index contributed by atoms with van der Waals surface area (Å²) >= 11 is 1.39. The molecular formula is C23H16N4OS. The second kappa shape index (κ2) is 7.33. The normalized spacial score (nSPS) is 10.9. The summed E-state index contributed by atoms with van der Waals surface area (Å²) < 4.78 is 1.92. The summed E-state index contributed by atoms with van der Waals surface area (Å²) in [5, 5.41) is 4.82. The first-order chi connectivity index (χ1) is 14.3. The Morgan fingerprint density at radius 3 is 2.00 bits per heavy atom. The molecule has 3 aromatic heterocycles. The minimum absolute atomic E-state index is 0.191. The molecule has 0 saturated heterocycles. The van der Waals surface area contributed by atoms with Crippen LogP contribution in [0.25, 0.3) is 28.2 Å². The highest BCUT2D eigenvalue weighted by atomic mass is 32.1. The molecular weight excluding hydrogens is 380 g/mol. The molecule has 0 aliphatic heterocycles. The lowest BCUT2D eigenvalue weighted by atomic mass is 10.2. The number of aromatic nitrogens is 3. The second-order valence-corrected chi connectivity index (χ2v) is 7.44. The molecule has 6 heteroatoms. The summed E-state index contributed by atoms with van der Waals surface area (Å²) in [7, 11) is 0. The van der Waals surface area contributed by atoms with E-state index in [1.807, 2.05) is 88.9 Å². The Balaban J connectivity index is 1.65. The number of carbonyl (C=O) groups excluding carboxylic acids is 1. The zero-order chi connectivity index (χ0) is 19.6. The van der Waals surface area contributed by atoms with Gasteiger partial charge in [0, 0.05) is 23.5 Å². The Labute approximate surface area is 171 Å². The Morgan fingerprint density at radius 1 is 0.793 bits per heavy atom. The SMILES string of the molecule is O=C(Nc1nc(-c2ccccc2)cn2cc(-c3ccccc3)nc12)c1cccs1. The predicted molar refractivity (Wildman–Crippen MR) is 116 cm³/mol. The maximum absolute atomic E-state index is 12.7. The van der Waals surface area contributed by atoms with E-state index in [9.17, 15) is 4.79 Å². The van der Waals surface area contributed by atoms with Crippen molar-refractivity contribution >= 4 is 28.7 Å². The number of nitrogens with zero attached hydrogens (tertiary/aromatic N) is 3. The number of hydrogen-bond donors (Lipinski definition) is 1. The van der Waals surface area contributed by atoms with Crippen LogP contribution in [0.3, 0.4) is 0 Å². The van der Waals surface area contributed by atoms with Crippen LogP contribution in [0.4, 0.5) is 5.82 Å². The first-order valence-electron chi connectivity index (χ1n) is 9.13. The van der Waals surface area contributed by atoms with Crippen molar-refractivity contribution in [2.24, 2.45) is 0 Å². The van der Waals surface area contributed by atoms with Crippen molar-refractivity contribution in [1.82, 2.24) is 14.4 Å². The van der Waals surface area contributed by atoms with Crippen LogP contribution >= 0.6 is 11.3 Å². The molecule has 0 radical (unpaired) electrons. The third-order valence-corrected chi connectivity index (χ3v) is 5.42. The summed E-state index contributed by atoms with van der Waals surface area (Å²) in [4.78, 5) is 22.8. The van der Waals surface area contributed by atoms with E-state index >= 15 is 0 Å². The number of rotatable bonds is 4. The highest BCUT2D eigenvalue weighted by Crippen LogP contribution is 2.26. The van der Waals surface area contributed by atoms with Crippen LogP contribution in [0.1, 0.15) is 9.67 Å². The van der Waals surface area contributed by atoms with E-state index in [0.717, 1.165) is 22.5 Å². The first kappa shape index (κ1) is 17.3. The van der Waals surface area contributed by atoms with E-state index < -0.39 is 0 Å². The molecule has 0 bridgehead atoms. The van der Waals surface area contributed by atoms with E-state index in [1.165, 1.54) is 11.3 Å². The third-order valence-electron chi connectivity index (χ3n) is 4.55. The van der Waals surface area contributed by atoms with Crippen LogP contribution in [0.2, 0.25) is 0 Å². The van der Waals surface area contributed by atoms with Crippen molar-refractivity contribution in [3.05, 3.63) is 95.4 Å². The van der Waals surface area contributed by atoms with Gasteiger partial charge >= 0.3 is 0 Å². The van der Waals surface area contributed by atoms with Crippen LogP contribution in [-0.2, 0) is 0 Å². The fourth-order valence-corrected chi connectivity index (χ4v) is 3.77. The maximum atomic E-state index is 12.7. The largest absolute Gasteiger partial charge is 0.303 e. The van der Waals surface area contributed by atoms with Crippen molar-refractivity contribution in [1.29, 1.82) is 0 Å². The maximum Gasteiger partial charge on any atom is 0.266 e. The van der Waals surface area contributed by atoms with Gasteiger partial charge in [-0.05, 0) is 11.4 Å². The van der Waals surface area contributed by atoms with Crippen LogP contribution in [-0.4, -0.2) is 20.3 Å². The third kappa shape index (κ3) is 3.41. The molecule has 5 nitrogen and oxygen atoms in total. The number of anilines is 1. The fraction of sp³-hybridized carbons (Fsp3) is 0. The molecule has 1 amide bonds. The number of benzene rings is 2. The lowest BCUT2D eigenvalue weighted by Crippen LogP contribution is -2.13. The molecule has 0 spiro atoms. The van der Waals surface area contributed by atoms with Crippen LogP contribution in [0, 0.1) is 0 Å². The van der Waals surface area contributed by atoms with E-state index in [1.54, 1.807) is 6.07 Å². The zero-order valence-electron chi connectivity index (χ0n) is 15.3. The lowest BCUT2D eigenvalue weighted by molar-refractivity contribution is 0.103. The minimum Gasteiger partial charge on any atom is -0.303 e. The van der Waals surface area contributed by atoms with Gasteiger partial charge in [0.25, 0.3) is 5.91 Å². The van der Waals surface area contributed by atoms with E-state index in [2.05, 4.69) is 5.32 Å². The van der Waals surface area contributed by atoms with Crippen molar-refractivity contribution in [2.45, 2.75) is 0 Å². The summed E-state index contributed by atoms with van der Waals surface area (Å²) in [6.45, 7) is 0. The molecule has 0 aliphatic carbocycles. The van der Waals surface area contributed by atoms with Gasteiger partial charge in [-0.15, -0.1) is 11.3 Å². The molecule has 0 unspecified atom stereocenters. The molecule has 5 aromatic rings. The molecule has 0 aliphatic rings. The van der Waals surface area contributed by atoms with E-state index in [4.69, 9.17) is 9.97 Å². The molecule has 29 heavy (non-hydrogen) atoms. The monoisotopic (exact) mass is 396 g/mol. The summed E-state index contributed by atoms with van der Waals surface area (Å²) in [5.41, 5.74) is 4.17. The predicted octanol–water partition coefficient (Wildman–Crippen LogP) is 5.38. The number of amides is 1. The molecule has 1 N–H and O–H groups in total. The average Bonchev–Trinajstić information content (AvgIpc) is 3.45. The summed E-state index contributed by atoms with van der Waals surface area (Å²) in [5.74, 6) is 0.246. The highest BCUT2D eigenvalue weighted by Gasteiger charge is 2.16. The number of imidazole rings is 1. The van der Waals surface area contributed by atoms with Gasteiger partial charge in [0.1, 0.15) is 0 Å². The molecule has 5 rings (SSSR count). The van der Waals surface area contributed by atoms with Crippen molar-refractivity contribution < 1.29 is 4.79 Å². The molecule has 0 saturated carbocycles. The number of hydrogen-bond acceptors (Lipinski definition) is 4. The van der Waals surface area contributed by atoms with Crippen LogP contribution < -0.4 is 5.32 Å². The number of carbonyl (C=O) groups is 1. The fourth-order valence-electron chi connectivity index (χ4n) is 3.16. The molecule has 140 valence electrons. The number of thiophene rings is 1. The van der Waals surface area contributed by atoms with E-state index in [0.29, 0.717) is 16.3 Å². The summed E-state index contributed by atoms with van der Waals surface area (Å²) in [6.07, 6.45) is 3.89. The van der Waals surface area contributed by atoms with Gasteiger partial charge in [-0.1, -0.05) is 66.7 Å². The van der Waals surface area contributed by atoms with Crippen molar-refractivity contribution in [3.8, 4) is 22.5 Å². The smallest absolute Gasteiger partial charge is 0.266 e. The highest BCUT2D eigenvalue weighted by molar-refractivity contribution is 7.12. The Bertz CT molecular complexity index is 1280. The van der Waals surface area contributed by atoms with Gasteiger partial charge in [0.2, 0.25) is 0 Å². The average molecular weight is 396 g/mol. The Kier molecular flexibility index (Phi) is 4.38. The van der Waals surface area contributed by atoms with Crippen LogP contribution in [0.5, 0.6) is 0 Å². The molecule has 0 atom stereocenters. The molecule has 3 heterocycles. The minimum atomic E-state index is -0.191. The zero-order valence-corrected chi connectivity index (χ0v) is 16.1. The first-order valence-corrected chi connectivity index (χ1v) is 10.0. The van der Waals surface area contributed by atoms with Gasteiger partial charge in [-0.25, -0.2) is 9.97 Å². The quantitative estimate of drug-likeness (QED) is 0.444. The van der Waals surface area contributed by atoms with Gasteiger partial charge in [-0.3, -0.25) is 4.79 Å². The lowest BCUT2D eigenvalue weighted by Gasteiger charge is -2.08.